The zero-order valence-electron chi connectivity index (χ0n) is 16.2. The third-order valence-corrected chi connectivity index (χ3v) is 5.17. The Balaban J connectivity index is 0.00000338. The number of aromatic nitrogens is 1. The standard InChI is InChI=1S/C18H32N4O2S.HI/c1-4-19-18(21-10-8-17-14(2)22-15(3)25-17)20-9-6-11-23-13-16-7-5-12-24-16;/h16H,4-13H2,1-3H3,(H2,19,20,21);1H. The van der Waals surface area contributed by atoms with Crippen LogP contribution in [-0.2, 0) is 15.9 Å². The highest BCUT2D eigenvalue weighted by molar-refractivity contribution is 14.0. The van der Waals surface area contributed by atoms with E-state index in [-0.39, 0.29) is 24.0 Å². The molecule has 1 aromatic rings. The number of aryl methyl sites for hydroxylation is 2. The van der Waals surface area contributed by atoms with Crippen LogP contribution in [0.1, 0.15) is 41.8 Å². The lowest BCUT2D eigenvalue weighted by molar-refractivity contribution is 0.0171. The number of nitrogens with zero attached hydrogens (tertiary/aromatic N) is 2. The van der Waals surface area contributed by atoms with Gasteiger partial charge in [-0.1, -0.05) is 0 Å². The zero-order valence-corrected chi connectivity index (χ0v) is 19.3. The van der Waals surface area contributed by atoms with Crippen LogP contribution in [-0.4, -0.2) is 56.5 Å². The summed E-state index contributed by atoms with van der Waals surface area (Å²) in [5, 5.41) is 7.82. The van der Waals surface area contributed by atoms with Crippen LogP contribution in [0.3, 0.4) is 0 Å². The first-order valence-corrected chi connectivity index (χ1v) is 10.1. The highest BCUT2D eigenvalue weighted by Crippen LogP contribution is 2.17. The van der Waals surface area contributed by atoms with E-state index in [9.17, 15) is 0 Å². The molecule has 6 nitrogen and oxygen atoms in total. The van der Waals surface area contributed by atoms with Crippen LogP contribution in [0.2, 0.25) is 0 Å². The minimum atomic E-state index is 0. The Labute approximate surface area is 178 Å². The fraction of sp³-hybridized carbons (Fsp3) is 0.778. The summed E-state index contributed by atoms with van der Waals surface area (Å²) in [6, 6.07) is 0. The van der Waals surface area contributed by atoms with E-state index in [0.29, 0.717) is 6.10 Å². The summed E-state index contributed by atoms with van der Waals surface area (Å²) in [4.78, 5) is 10.4. The van der Waals surface area contributed by atoms with Crippen molar-refractivity contribution >= 4 is 41.3 Å². The maximum absolute atomic E-state index is 5.67. The molecular formula is C18H33IN4O2S. The fourth-order valence-corrected chi connectivity index (χ4v) is 3.73. The van der Waals surface area contributed by atoms with Crippen LogP contribution in [0.5, 0.6) is 0 Å². The van der Waals surface area contributed by atoms with E-state index in [0.717, 1.165) is 81.8 Å². The number of aliphatic imine (C=N–C) groups is 1. The number of hydrogen-bond acceptors (Lipinski definition) is 5. The van der Waals surface area contributed by atoms with Gasteiger partial charge in [0.15, 0.2) is 5.96 Å². The molecule has 0 spiro atoms. The van der Waals surface area contributed by atoms with Gasteiger partial charge in [0.25, 0.3) is 0 Å². The van der Waals surface area contributed by atoms with Crippen LogP contribution in [0.25, 0.3) is 0 Å². The summed E-state index contributed by atoms with van der Waals surface area (Å²) in [5.41, 5.74) is 1.15. The smallest absolute Gasteiger partial charge is 0.191 e. The normalized spacial score (nSPS) is 17.2. The van der Waals surface area contributed by atoms with Gasteiger partial charge in [0.1, 0.15) is 0 Å². The van der Waals surface area contributed by atoms with E-state index in [1.807, 2.05) is 0 Å². The molecule has 0 bridgehead atoms. The third kappa shape index (κ3) is 8.96. The average Bonchev–Trinajstić information content (AvgIpc) is 3.20. The number of nitrogens with one attached hydrogen (secondary N) is 2. The van der Waals surface area contributed by atoms with Crippen molar-refractivity contribution < 1.29 is 9.47 Å². The van der Waals surface area contributed by atoms with Gasteiger partial charge in [-0.2, -0.15) is 0 Å². The molecule has 0 radical (unpaired) electrons. The summed E-state index contributed by atoms with van der Waals surface area (Å²) in [6.45, 7) is 11.0. The van der Waals surface area contributed by atoms with Gasteiger partial charge in [-0.05, 0) is 40.0 Å². The molecule has 8 heteroatoms. The van der Waals surface area contributed by atoms with Crippen molar-refractivity contribution in [2.75, 3.05) is 39.5 Å². The number of thiazole rings is 1. The van der Waals surface area contributed by atoms with Crippen molar-refractivity contribution in [2.24, 2.45) is 4.99 Å². The molecule has 1 aliphatic rings. The lowest BCUT2D eigenvalue weighted by atomic mass is 10.2. The molecule has 1 atom stereocenters. The first-order valence-electron chi connectivity index (χ1n) is 9.33. The van der Waals surface area contributed by atoms with Crippen LogP contribution in [0.4, 0.5) is 0 Å². The minimum absolute atomic E-state index is 0. The van der Waals surface area contributed by atoms with Gasteiger partial charge in [0.05, 0.1) is 23.4 Å². The van der Waals surface area contributed by atoms with Crippen molar-refractivity contribution in [1.29, 1.82) is 0 Å². The molecule has 0 amide bonds. The van der Waals surface area contributed by atoms with Gasteiger partial charge in [0, 0.05) is 44.1 Å². The molecule has 2 rings (SSSR count). The van der Waals surface area contributed by atoms with Crippen molar-refractivity contribution in [3.05, 3.63) is 15.6 Å². The Morgan fingerprint density at radius 3 is 2.88 bits per heavy atom. The largest absolute Gasteiger partial charge is 0.379 e. The van der Waals surface area contributed by atoms with Gasteiger partial charge in [-0.15, -0.1) is 35.3 Å². The Hall–Kier alpha value is -0.450. The Morgan fingerprint density at radius 1 is 1.38 bits per heavy atom. The van der Waals surface area contributed by atoms with E-state index in [4.69, 9.17) is 9.47 Å². The van der Waals surface area contributed by atoms with Crippen molar-refractivity contribution in [3.8, 4) is 0 Å². The van der Waals surface area contributed by atoms with Gasteiger partial charge in [0.2, 0.25) is 0 Å². The molecule has 1 saturated heterocycles. The third-order valence-electron chi connectivity index (χ3n) is 4.03. The highest BCUT2D eigenvalue weighted by atomic mass is 127. The Bertz CT molecular complexity index is 533. The number of halogens is 1. The first kappa shape index (κ1) is 23.6. The molecule has 1 unspecified atom stereocenters. The maximum atomic E-state index is 5.67. The Kier molecular flexibility index (Phi) is 12.4. The van der Waals surface area contributed by atoms with Crippen LogP contribution in [0.15, 0.2) is 4.99 Å². The number of hydrogen-bond donors (Lipinski definition) is 2. The minimum Gasteiger partial charge on any atom is -0.379 e. The summed E-state index contributed by atoms with van der Waals surface area (Å²) >= 11 is 1.78. The second kappa shape index (κ2) is 13.7. The molecule has 26 heavy (non-hydrogen) atoms. The van der Waals surface area contributed by atoms with Crippen LogP contribution in [0, 0.1) is 13.8 Å². The van der Waals surface area contributed by atoms with Gasteiger partial charge in [-0.25, -0.2) is 4.98 Å². The van der Waals surface area contributed by atoms with E-state index >= 15 is 0 Å². The van der Waals surface area contributed by atoms with E-state index in [2.05, 4.69) is 41.4 Å². The lowest BCUT2D eigenvalue weighted by Crippen LogP contribution is -2.38. The van der Waals surface area contributed by atoms with Gasteiger partial charge >= 0.3 is 0 Å². The molecule has 0 saturated carbocycles. The summed E-state index contributed by atoms with van der Waals surface area (Å²) in [5.74, 6) is 0.875. The number of ether oxygens (including phenoxy) is 2. The average molecular weight is 496 g/mol. The van der Waals surface area contributed by atoms with Crippen molar-refractivity contribution in [1.82, 2.24) is 15.6 Å². The van der Waals surface area contributed by atoms with E-state index < -0.39 is 0 Å². The molecular weight excluding hydrogens is 463 g/mol. The molecule has 2 N–H and O–H groups in total. The van der Waals surface area contributed by atoms with Crippen LogP contribution >= 0.6 is 35.3 Å². The first-order chi connectivity index (χ1) is 12.2. The predicted octanol–water partition coefficient (Wildman–Crippen LogP) is 3.06. The van der Waals surface area contributed by atoms with E-state index in [1.165, 1.54) is 4.88 Å². The molecule has 0 aliphatic carbocycles. The molecule has 2 heterocycles. The molecule has 1 aliphatic heterocycles. The molecule has 150 valence electrons. The fourth-order valence-electron chi connectivity index (χ4n) is 2.79. The second-order valence-corrected chi connectivity index (χ2v) is 7.53. The van der Waals surface area contributed by atoms with Gasteiger partial charge in [-0.3, -0.25) is 4.99 Å². The molecule has 0 aromatic carbocycles. The second-order valence-electron chi connectivity index (χ2n) is 6.24. The molecule has 1 fully saturated rings. The zero-order chi connectivity index (χ0) is 17.9. The predicted molar refractivity (Wildman–Crippen MR) is 119 cm³/mol. The van der Waals surface area contributed by atoms with E-state index in [1.54, 1.807) is 11.3 Å². The topological polar surface area (TPSA) is 67.8 Å². The quantitative estimate of drug-likeness (QED) is 0.226. The lowest BCUT2D eigenvalue weighted by Gasteiger charge is -2.11. The SMILES string of the molecule is CCNC(=NCCCOCC1CCCO1)NCCc1sc(C)nc1C.I. The van der Waals surface area contributed by atoms with Crippen molar-refractivity contribution in [3.63, 3.8) is 0 Å². The maximum Gasteiger partial charge on any atom is 0.191 e. The summed E-state index contributed by atoms with van der Waals surface area (Å²) in [6.07, 6.45) is 4.51. The molecule has 1 aromatic heterocycles. The highest BCUT2D eigenvalue weighted by Gasteiger charge is 2.14. The summed E-state index contributed by atoms with van der Waals surface area (Å²) in [7, 11) is 0. The number of rotatable bonds is 10. The summed E-state index contributed by atoms with van der Waals surface area (Å²) < 4.78 is 11.2. The number of guanidine groups is 1. The van der Waals surface area contributed by atoms with Gasteiger partial charge < -0.3 is 20.1 Å². The van der Waals surface area contributed by atoms with Crippen molar-refractivity contribution in [2.45, 2.75) is 52.6 Å². The van der Waals surface area contributed by atoms with Crippen LogP contribution < -0.4 is 10.6 Å². The monoisotopic (exact) mass is 496 g/mol. The Morgan fingerprint density at radius 2 is 2.23 bits per heavy atom.